The van der Waals surface area contributed by atoms with Gasteiger partial charge in [0, 0.05) is 25.6 Å². The Bertz CT molecular complexity index is 618. The lowest BCUT2D eigenvalue weighted by Crippen LogP contribution is -2.49. The number of carbonyl (C=O) groups excluding carboxylic acids is 1. The summed E-state index contributed by atoms with van der Waals surface area (Å²) in [4.78, 5) is 13.3. The molecule has 1 amide bonds. The van der Waals surface area contributed by atoms with E-state index in [2.05, 4.69) is 4.72 Å². The quantitative estimate of drug-likeness (QED) is 0.916. The number of nitrogens with one attached hydrogen (secondary N) is 1. The van der Waals surface area contributed by atoms with E-state index in [-0.39, 0.29) is 16.8 Å². The molecule has 0 unspecified atom stereocenters. The third-order valence-electron chi connectivity index (χ3n) is 3.50. The summed E-state index contributed by atoms with van der Waals surface area (Å²) in [6, 6.07) is 4.56. The first kappa shape index (κ1) is 15.9. The highest BCUT2D eigenvalue weighted by Crippen LogP contribution is 2.16. The molecule has 7 heteroatoms. The second kappa shape index (κ2) is 6.53. The van der Waals surface area contributed by atoms with Crippen molar-refractivity contribution in [1.29, 1.82) is 0 Å². The fourth-order valence-electron chi connectivity index (χ4n) is 2.45. The Morgan fingerprint density at radius 1 is 1.48 bits per heavy atom. The second-order valence-electron chi connectivity index (χ2n) is 5.11. The molecule has 1 aromatic rings. The molecule has 1 atom stereocenters. The summed E-state index contributed by atoms with van der Waals surface area (Å²) in [6.45, 7) is 2.80. The highest BCUT2D eigenvalue weighted by molar-refractivity contribution is 7.89. The summed E-state index contributed by atoms with van der Waals surface area (Å²) in [5.41, 5.74) is 0. The van der Waals surface area contributed by atoms with Crippen molar-refractivity contribution in [2.45, 2.75) is 37.1 Å². The van der Waals surface area contributed by atoms with E-state index in [1.54, 1.807) is 11.8 Å². The molecule has 0 aliphatic carbocycles. The summed E-state index contributed by atoms with van der Waals surface area (Å²) in [7, 11) is -3.77. The zero-order valence-corrected chi connectivity index (χ0v) is 12.7. The summed E-state index contributed by atoms with van der Waals surface area (Å²) < 4.78 is 40.1. The highest BCUT2D eigenvalue weighted by atomic mass is 32.2. The normalized spacial score (nSPS) is 19.5. The number of benzene rings is 1. The zero-order chi connectivity index (χ0) is 15.5. The van der Waals surface area contributed by atoms with Crippen molar-refractivity contribution < 1.29 is 17.6 Å². The predicted molar refractivity (Wildman–Crippen MR) is 76.6 cm³/mol. The van der Waals surface area contributed by atoms with Crippen LogP contribution >= 0.6 is 0 Å². The van der Waals surface area contributed by atoms with E-state index >= 15 is 0 Å². The van der Waals surface area contributed by atoms with Crippen LogP contribution in [-0.2, 0) is 14.8 Å². The first-order valence-corrected chi connectivity index (χ1v) is 8.46. The van der Waals surface area contributed by atoms with Gasteiger partial charge in [-0.15, -0.1) is 0 Å². The van der Waals surface area contributed by atoms with Gasteiger partial charge in [0.25, 0.3) is 0 Å². The molecule has 21 heavy (non-hydrogen) atoms. The van der Waals surface area contributed by atoms with Gasteiger partial charge in [-0.25, -0.2) is 17.5 Å². The van der Waals surface area contributed by atoms with Gasteiger partial charge in [-0.1, -0.05) is 13.0 Å². The lowest BCUT2D eigenvalue weighted by Gasteiger charge is -2.32. The monoisotopic (exact) mass is 314 g/mol. The molecular formula is C14H19FN2O3S. The van der Waals surface area contributed by atoms with Gasteiger partial charge < -0.3 is 4.90 Å². The average molecular weight is 314 g/mol. The van der Waals surface area contributed by atoms with Crippen molar-refractivity contribution in [3.05, 3.63) is 30.1 Å². The van der Waals surface area contributed by atoms with Crippen LogP contribution < -0.4 is 4.72 Å². The first-order chi connectivity index (χ1) is 9.92. The van der Waals surface area contributed by atoms with Crippen LogP contribution in [0, 0.1) is 5.82 Å². The molecule has 0 spiro atoms. The SMILES string of the molecule is CCC(=O)N1CCC[C@@H](NS(=O)(=O)c2cccc(F)c2)C1. The smallest absolute Gasteiger partial charge is 0.240 e. The minimum Gasteiger partial charge on any atom is -0.341 e. The molecule has 1 aliphatic heterocycles. The summed E-state index contributed by atoms with van der Waals surface area (Å²) in [5, 5.41) is 0. The van der Waals surface area contributed by atoms with Crippen LogP contribution in [0.3, 0.4) is 0 Å². The second-order valence-corrected chi connectivity index (χ2v) is 6.83. The van der Waals surface area contributed by atoms with E-state index in [0.717, 1.165) is 12.5 Å². The van der Waals surface area contributed by atoms with Crippen LogP contribution in [0.25, 0.3) is 0 Å². The number of nitrogens with zero attached hydrogens (tertiary/aromatic N) is 1. The molecule has 0 saturated carbocycles. The molecular weight excluding hydrogens is 295 g/mol. The number of likely N-dealkylation sites (tertiary alicyclic amines) is 1. The largest absolute Gasteiger partial charge is 0.341 e. The molecule has 1 fully saturated rings. The number of hydrogen-bond donors (Lipinski definition) is 1. The maximum Gasteiger partial charge on any atom is 0.240 e. The Morgan fingerprint density at radius 3 is 2.90 bits per heavy atom. The van der Waals surface area contributed by atoms with Gasteiger partial charge in [0.15, 0.2) is 0 Å². The molecule has 5 nitrogen and oxygen atoms in total. The van der Waals surface area contributed by atoms with Gasteiger partial charge in [0.05, 0.1) is 4.90 Å². The fraction of sp³-hybridized carbons (Fsp3) is 0.500. The highest BCUT2D eigenvalue weighted by Gasteiger charge is 2.27. The number of piperidine rings is 1. The van der Waals surface area contributed by atoms with Crippen molar-refractivity contribution >= 4 is 15.9 Å². The fourth-order valence-corrected chi connectivity index (χ4v) is 3.74. The van der Waals surface area contributed by atoms with E-state index < -0.39 is 15.8 Å². The van der Waals surface area contributed by atoms with Crippen LogP contribution in [0.1, 0.15) is 26.2 Å². The van der Waals surface area contributed by atoms with E-state index in [0.29, 0.717) is 25.9 Å². The standard InChI is InChI=1S/C14H19FN2O3S/c1-2-14(18)17-8-4-6-12(10-17)16-21(19,20)13-7-3-5-11(15)9-13/h3,5,7,9,12,16H,2,4,6,8,10H2,1H3/t12-/m1/s1. The molecule has 0 radical (unpaired) electrons. The summed E-state index contributed by atoms with van der Waals surface area (Å²) in [6.07, 6.45) is 1.83. The van der Waals surface area contributed by atoms with Gasteiger partial charge in [0.1, 0.15) is 5.82 Å². The van der Waals surface area contributed by atoms with Crippen molar-refractivity contribution in [2.24, 2.45) is 0 Å². The van der Waals surface area contributed by atoms with Crippen molar-refractivity contribution in [1.82, 2.24) is 9.62 Å². The van der Waals surface area contributed by atoms with Crippen molar-refractivity contribution in [2.75, 3.05) is 13.1 Å². The van der Waals surface area contributed by atoms with Crippen LogP contribution in [0.4, 0.5) is 4.39 Å². The number of hydrogen-bond acceptors (Lipinski definition) is 3. The third-order valence-corrected chi connectivity index (χ3v) is 5.02. The van der Waals surface area contributed by atoms with Crippen LogP contribution in [0.5, 0.6) is 0 Å². The van der Waals surface area contributed by atoms with Gasteiger partial charge in [0.2, 0.25) is 15.9 Å². The van der Waals surface area contributed by atoms with Crippen molar-refractivity contribution in [3.63, 3.8) is 0 Å². The van der Waals surface area contributed by atoms with Gasteiger partial charge >= 0.3 is 0 Å². The minimum absolute atomic E-state index is 0.0182. The maximum atomic E-state index is 13.1. The molecule has 0 aromatic heterocycles. The summed E-state index contributed by atoms with van der Waals surface area (Å²) >= 11 is 0. The number of sulfonamides is 1. The molecule has 1 saturated heterocycles. The first-order valence-electron chi connectivity index (χ1n) is 6.98. The molecule has 1 heterocycles. The number of rotatable bonds is 4. The number of halogens is 1. The average Bonchev–Trinajstić information content (AvgIpc) is 2.46. The molecule has 1 N–H and O–H groups in total. The zero-order valence-electron chi connectivity index (χ0n) is 11.9. The predicted octanol–water partition coefficient (Wildman–Crippen LogP) is 1.50. The molecule has 116 valence electrons. The molecule has 0 bridgehead atoms. The van der Waals surface area contributed by atoms with Crippen molar-refractivity contribution in [3.8, 4) is 0 Å². The topological polar surface area (TPSA) is 66.5 Å². The Hall–Kier alpha value is -1.47. The van der Waals surface area contributed by atoms with Crippen LogP contribution in [0.15, 0.2) is 29.2 Å². The van der Waals surface area contributed by atoms with Gasteiger partial charge in [-0.3, -0.25) is 4.79 Å². The molecule has 1 aliphatic rings. The maximum absolute atomic E-state index is 13.1. The van der Waals surface area contributed by atoms with E-state index in [4.69, 9.17) is 0 Å². The van der Waals surface area contributed by atoms with Gasteiger partial charge in [-0.05, 0) is 31.0 Å². The third kappa shape index (κ3) is 4.01. The van der Waals surface area contributed by atoms with Gasteiger partial charge in [-0.2, -0.15) is 0 Å². The number of carbonyl (C=O) groups is 1. The Balaban J connectivity index is 2.08. The molecule has 2 rings (SSSR count). The minimum atomic E-state index is -3.77. The Labute approximate surface area is 124 Å². The van der Waals surface area contributed by atoms with E-state index in [9.17, 15) is 17.6 Å². The van der Waals surface area contributed by atoms with Crippen LogP contribution in [0.2, 0.25) is 0 Å². The van der Waals surface area contributed by atoms with E-state index in [1.807, 2.05) is 0 Å². The van der Waals surface area contributed by atoms with E-state index in [1.165, 1.54) is 18.2 Å². The molecule has 1 aromatic carbocycles. The number of amides is 1. The Morgan fingerprint density at radius 2 is 2.24 bits per heavy atom. The summed E-state index contributed by atoms with van der Waals surface area (Å²) in [5.74, 6) is -0.575. The van der Waals surface area contributed by atoms with Crippen LogP contribution in [-0.4, -0.2) is 38.4 Å². The lowest BCUT2D eigenvalue weighted by molar-refractivity contribution is -0.132. The Kier molecular flexibility index (Phi) is 4.95. The lowest BCUT2D eigenvalue weighted by atomic mass is 10.1.